The van der Waals surface area contributed by atoms with Crippen LogP contribution in [0.3, 0.4) is 0 Å². The number of esters is 2. The van der Waals surface area contributed by atoms with Crippen molar-refractivity contribution in [1.82, 2.24) is 0 Å². The molecular formula is C50H48O9U2. The number of hydrogen-bond donors (Lipinski definition) is 0. The summed E-state index contributed by atoms with van der Waals surface area (Å²) in [5.74, 6) is 0.0272. The molecule has 0 aliphatic heterocycles. The first-order valence-electron chi connectivity index (χ1n) is 19.1. The molecule has 0 unspecified atom stereocenters. The van der Waals surface area contributed by atoms with Crippen LogP contribution < -0.4 is 16.0 Å². The van der Waals surface area contributed by atoms with Gasteiger partial charge in [-0.15, -0.1) is 12.1 Å². The molecule has 0 saturated heterocycles. The Labute approximate surface area is 404 Å². The standard InChI is InChI=1S/C32H38O5.2C9H5O2.2U/c1-11-36-31(33)28-17(3)13-24-16-26(23(9)29(22(24)8)32(34)37-12-2)30(21(7)20(28)6)27-18(4)14-25(35-10)15-19(27)5;2*10-9-6-5-7-3-1-2-4-8(7)11-9;;/h14-15H,1-2,11-13,16H2,3-10H3;2*1,3-6H;;/q-2;2*-1;2*+2/b21-20+,28-17+,30-26-;;;;. The fourth-order valence-corrected chi connectivity index (χ4v) is 7.53. The zero-order valence-corrected chi connectivity index (χ0v) is 44.2. The summed E-state index contributed by atoms with van der Waals surface area (Å²) in [5.41, 5.74) is 12.5. The number of rotatable bonds is 6. The van der Waals surface area contributed by atoms with Gasteiger partial charge >= 0.3 is 85.4 Å². The number of carbonyl (C=O) groups excluding carboxylic acids is 2. The maximum absolute atomic E-state index is 13.2. The maximum Gasteiger partial charge on any atom is 2.00 e. The van der Waals surface area contributed by atoms with Crippen molar-refractivity contribution in [3.05, 3.63) is 186 Å². The summed E-state index contributed by atoms with van der Waals surface area (Å²) in [6.45, 7) is 21.6. The van der Waals surface area contributed by atoms with Crippen LogP contribution in [0.1, 0.15) is 64.2 Å². The third-order valence-corrected chi connectivity index (χ3v) is 10.4. The van der Waals surface area contributed by atoms with Gasteiger partial charge < -0.3 is 36.9 Å². The van der Waals surface area contributed by atoms with Crippen LogP contribution in [-0.2, 0) is 19.1 Å². The molecule has 0 radical (unpaired) electrons. The largest absolute Gasteiger partial charge is 2.00 e. The Bertz CT molecular complexity index is 2610. The van der Waals surface area contributed by atoms with E-state index in [0.29, 0.717) is 35.2 Å². The minimum absolute atomic E-state index is 0. The number of allylic oxidation sites excluding steroid dienone is 6. The second kappa shape index (κ2) is 23.2. The monoisotopic (exact) mass is 1270 g/mol. The summed E-state index contributed by atoms with van der Waals surface area (Å²) >= 11 is 0. The zero-order valence-electron chi connectivity index (χ0n) is 35.8. The number of ether oxygens (including phenoxy) is 3. The van der Waals surface area contributed by atoms with Crippen LogP contribution in [0.5, 0.6) is 5.75 Å². The van der Waals surface area contributed by atoms with Crippen LogP contribution >= 0.6 is 0 Å². The SMILES string of the molecule is O=c1ccc2cc[c-]cc2o1.O=c1ccc2cc[c-]cc2o1.[CH2-]COC(=O)C1=C(C)/C2=C(c3c(C)cc(OC)cc3C)/C(C)=C(C)/C(C(=O)OC[CH2-])=C(/C)CC(=C1C)C2.[U+2].[U+2]. The van der Waals surface area contributed by atoms with Crippen LogP contribution in [0, 0.1) is 102 Å². The normalized spacial score (nSPS) is 17.3. The van der Waals surface area contributed by atoms with Gasteiger partial charge in [0.25, 0.3) is 0 Å². The Balaban J connectivity index is 0.000000332. The van der Waals surface area contributed by atoms with Gasteiger partial charge in [-0.3, -0.25) is 0 Å². The van der Waals surface area contributed by atoms with E-state index in [4.69, 9.17) is 23.0 Å². The van der Waals surface area contributed by atoms with Crippen LogP contribution in [0.4, 0.5) is 0 Å². The van der Waals surface area contributed by atoms with Gasteiger partial charge in [-0.25, -0.2) is 19.2 Å². The van der Waals surface area contributed by atoms with Crippen molar-refractivity contribution in [2.75, 3.05) is 20.3 Å². The van der Waals surface area contributed by atoms with Crippen molar-refractivity contribution < 1.29 is 94.9 Å². The summed E-state index contributed by atoms with van der Waals surface area (Å²) in [4.78, 5) is 47.8. The molecule has 5 aromatic rings. The Morgan fingerprint density at radius 1 is 0.656 bits per heavy atom. The van der Waals surface area contributed by atoms with E-state index in [1.54, 1.807) is 43.5 Å². The number of carbonyl (C=O) groups is 2. The fraction of sp³-hybridized carbons (Fsp3) is 0.240. The first kappa shape index (κ1) is 51.0. The number of methoxy groups -OCH3 is 1. The molecule has 9 nitrogen and oxygen atoms in total. The molecular weight excluding hydrogens is 1220 g/mol. The van der Waals surface area contributed by atoms with E-state index >= 15 is 0 Å². The molecule has 310 valence electrons. The van der Waals surface area contributed by atoms with Gasteiger partial charge in [-0.2, -0.15) is 36.4 Å². The summed E-state index contributed by atoms with van der Waals surface area (Å²) in [5, 5.41) is 1.84. The second-order valence-electron chi connectivity index (χ2n) is 14.2. The average Bonchev–Trinajstić information content (AvgIpc) is 3.24. The van der Waals surface area contributed by atoms with Crippen LogP contribution in [0.15, 0.2) is 141 Å². The van der Waals surface area contributed by atoms with E-state index in [-0.39, 0.29) is 98.6 Å². The molecule has 2 aromatic heterocycles. The van der Waals surface area contributed by atoms with Gasteiger partial charge in [-0.05, 0) is 137 Å². The van der Waals surface area contributed by atoms with Crippen molar-refractivity contribution in [1.29, 1.82) is 0 Å². The Hall–Kier alpha value is -4.38. The quantitative estimate of drug-likeness (QED) is 0.0929. The summed E-state index contributed by atoms with van der Waals surface area (Å²) < 4.78 is 26.1. The minimum atomic E-state index is -0.382. The predicted octanol–water partition coefficient (Wildman–Crippen LogP) is 10.1. The molecule has 2 aliphatic carbocycles. The molecule has 61 heavy (non-hydrogen) atoms. The van der Waals surface area contributed by atoms with Crippen molar-refractivity contribution in [2.24, 2.45) is 0 Å². The van der Waals surface area contributed by atoms with E-state index in [0.717, 1.165) is 77.8 Å². The third-order valence-electron chi connectivity index (χ3n) is 10.4. The van der Waals surface area contributed by atoms with Crippen molar-refractivity contribution in [2.45, 2.75) is 61.3 Å². The topological polar surface area (TPSA) is 122 Å². The number of fused-ring (bicyclic) bond motifs is 4. The molecule has 7 rings (SSSR count). The van der Waals surface area contributed by atoms with Crippen molar-refractivity contribution in [3.8, 4) is 5.75 Å². The summed E-state index contributed by atoms with van der Waals surface area (Å²) in [6, 6.07) is 26.5. The number of hydrogen-bond acceptors (Lipinski definition) is 9. The Morgan fingerprint density at radius 3 is 1.62 bits per heavy atom. The number of benzene rings is 3. The van der Waals surface area contributed by atoms with E-state index in [1.807, 2.05) is 58.9 Å². The zero-order chi connectivity index (χ0) is 43.0. The first-order chi connectivity index (χ1) is 28.2. The molecule has 0 fully saturated rings. The minimum Gasteiger partial charge on any atom is -0.497 e. The molecule has 0 atom stereocenters. The predicted molar refractivity (Wildman–Crippen MR) is 230 cm³/mol. The van der Waals surface area contributed by atoms with Crippen LogP contribution in [0.25, 0.3) is 27.5 Å². The van der Waals surface area contributed by atoms with Gasteiger partial charge in [0.15, 0.2) is 0 Å². The van der Waals surface area contributed by atoms with Crippen molar-refractivity contribution in [3.63, 3.8) is 0 Å². The van der Waals surface area contributed by atoms with E-state index in [2.05, 4.69) is 39.8 Å². The number of aryl methyl sites for hydroxylation is 2. The van der Waals surface area contributed by atoms with E-state index in [9.17, 15) is 19.2 Å². The molecule has 0 amide bonds. The maximum atomic E-state index is 13.2. The van der Waals surface area contributed by atoms with Gasteiger partial charge in [0, 0.05) is 23.3 Å². The van der Waals surface area contributed by atoms with E-state index in [1.165, 1.54) is 12.1 Å². The van der Waals surface area contributed by atoms with Crippen molar-refractivity contribution >= 4 is 39.5 Å². The van der Waals surface area contributed by atoms with Crippen LogP contribution in [0.2, 0.25) is 0 Å². The third kappa shape index (κ3) is 12.0. The second-order valence-corrected chi connectivity index (χ2v) is 14.2. The smallest absolute Gasteiger partial charge is 0.497 e. The van der Waals surface area contributed by atoms with Gasteiger partial charge in [0.05, 0.1) is 18.3 Å². The van der Waals surface area contributed by atoms with Gasteiger partial charge in [0.2, 0.25) is 0 Å². The Kier molecular flexibility index (Phi) is 19.4. The molecule has 2 aliphatic rings. The Morgan fingerprint density at radius 2 is 1.15 bits per heavy atom. The molecule has 3 aromatic carbocycles. The molecule has 0 saturated carbocycles. The molecule has 0 N–H and O–H groups in total. The summed E-state index contributed by atoms with van der Waals surface area (Å²) in [6.07, 6.45) is 1.21. The molecule has 2 bridgehead atoms. The molecule has 11 heteroatoms. The molecule has 2 heterocycles. The van der Waals surface area contributed by atoms with Crippen LogP contribution in [-0.4, -0.2) is 32.3 Å². The first-order valence-corrected chi connectivity index (χ1v) is 19.1. The van der Waals surface area contributed by atoms with E-state index < -0.39 is 0 Å². The molecule has 0 spiro atoms. The summed E-state index contributed by atoms with van der Waals surface area (Å²) in [7, 11) is 1.66. The van der Waals surface area contributed by atoms with Gasteiger partial charge in [-0.1, -0.05) is 34.1 Å². The fourth-order valence-electron chi connectivity index (χ4n) is 7.53. The average molecular weight is 1270 g/mol. The van der Waals surface area contributed by atoms with Gasteiger partial charge in [0.1, 0.15) is 5.75 Å².